The largest absolute Gasteiger partial charge is 0.476 e. The van der Waals surface area contributed by atoms with Crippen LogP contribution in [0.2, 0.25) is 0 Å². The maximum Gasteiger partial charge on any atom is 0.410 e. The highest BCUT2D eigenvalue weighted by molar-refractivity contribution is 5.86. The fraction of sp³-hybridized carbons (Fsp3) is 0.700. The van der Waals surface area contributed by atoms with E-state index in [1.807, 2.05) is 0 Å². The molecular formula is C10H12F3N3O2. The molecule has 1 aromatic rings. The molecule has 5 nitrogen and oxygen atoms in total. The molecule has 0 bridgehead atoms. The molecule has 1 fully saturated rings. The second-order valence-electron chi connectivity index (χ2n) is 4.42. The number of halogens is 3. The summed E-state index contributed by atoms with van der Waals surface area (Å²) in [5.41, 5.74) is -0.269. The predicted octanol–water partition coefficient (Wildman–Crippen LogP) is 2.37. The summed E-state index contributed by atoms with van der Waals surface area (Å²) < 4.78 is 38.7. The van der Waals surface area contributed by atoms with Gasteiger partial charge >= 0.3 is 12.1 Å². The number of alkyl halides is 3. The zero-order chi connectivity index (χ0) is 13.5. The summed E-state index contributed by atoms with van der Waals surface area (Å²) in [7, 11) is 0. The Labute approximate surface area is 101 Å². The van der Waals surface area contributed by atoms with Gasteiger partial charge in [0.1, 0.15) is 6.04 Å². The quantitative estimate of drug-likeness (QED) is 0.909. The van der Waals surface area contributed by atoms with Gasteiger partial charge in [-0.2, -0.15) is 13.2 Å². The average Bonchev–Trinajstić information content (AvgIpc) is 2.56. The van der Waals surface area contributed by atoms with E-state index in [0.29, 0.717) is 17.5 Å². The number of carboxylic acid groups (broad SMARTS) is 1. The minimum Gasteiger partial charge on any atom is -0.476 e. The lowest BCUT2D eigenvalue weighted by atomic mass is 9.82. The molecular weight excluding hydrogens is 251 g/mol. The molecule has 0 spiro atoms. The second-order valence-corrected chi connectivity index (χ2v) is 4.42. The summed E-state index contributed by atoms with van der Waals surface area (Å²) in [5.74, 6) is -1.52. The number of aromatic carboxylic acids is 1. The molecule has 1 saturated carbocycles. The Balaban J connectivity index is 2.44. The van der Waals surface area contributed by atoms with Crippen LogP contribution in [0.4, 0.5) is 13.2 Å². The first kappa shape index (κ1) is 12.8. The van der Waals surface area contributed by atoms with E-state index in [1.54, 1.807) is 0 Å². The minimum absolute atomic E-state index is 0.0959. The minimum atomic E-state index is -4.47. The van der Waals surface area contributed by atoms with Gasteiger partial charge in [0.2, 0.25) is 0 Å². The molecule has 0 saturated heterocycles. The van der Waals surface area contributed by atoms with Crippen LogP contribution in [0.1, 0.15) is 54.3 Å². The van der Waals surface area contributed by atoms with E-state index in [-0.39, 0.29) is 17.3 Å². The number of nitrogens with zero attached hydrogens (tertiary/aromatic N) is 3. The maximum absolute atomic E-state index is 12.7. The first-order valence-corrected chi connectivity index (χ1v) is 5.57. The van der Waals surface area contributed by atoms with Crippen molar-refractivity contribution in [2.75, 3.05) is 0 Å². The van der Waals surface area contributed by atoms with Gasteiger partial charge in [0.25, 0.3) is 0 Å². The van der Waals surface area contributed by atoms with Crippen molar-refractivity contribution in [1.29, 1.82) is 0 Å². The Morgan fingerprint density at radius 2 is 2.11 bits per heavy atom. The van der Waals surface area contributed by atoms with Crippen molar-refractivity contribution in [3.05, 3.63) is 11.4 Å². The van der Waals surface area contributed by atoms with Gasteiger partial charge in [-0.25, -0.2) is 9.48 Å². The molecule has 0 aromatic carbocycles. The van der Waals surface area contributed by atoms with Gasteiger partial charge < -0.3 is 5.11 Å². The number of carboxylic acids is 1. The Bertz CT molecular complexity index is 465. The fourth-order valence-electron chi connectivity index (χ4n) is 1.94. The van der Waals surface area contributed by atoms with Gasteiger partial charge in [-0.05, 0) is 19.8 Å². The summed E-state index contributed by atoms with van der Waals surface area (Å²) in [6, 6.07) is -1.87. The van der Waals surface area contributed by atoms with E-state index in [0.717, 1.165) is 13.3 Å². The van der Waals surface area contributed by atoms with Crippen molar-refractivity contribution in [1.82, 2.24) is 15.0 Å². The molecule has 1 aliphatic rings. The topological polar surface area (TPSA) is 68.0 Å². The van der Waals surface area contributed by atoms with Gasteiger partial charge in [-0.1, -0.05) is 11.6 Å². The third kappa shape index (κ3) is 2.06. The standard InChI is InChI=1S/C10H12F3N3O2/c1-5(10(11,12)13)16-8(6-3-2-4-6)7(9(17)18)14-15-16/h5-6H,2-4H2,1H3,(H,17,18). The number of hydrogen-bond donors (Lipinski definition) is 1. The van der Waals surface area contributed by atoms with Crippen molar-refractivity contribution in [3.8, 4) is 0 Å². The molecule has 0 radical (unpaired) electrons. The molecule has 1 N–H and O–H groups in total. The van der Waals surface area contributed by atoms with E-state index in [4.69, 9.17) is 5.11 Å². The van der Waals surface area contributed by atoms with Crippen LogP contribution in [0.15, 0.2) is 0 Å². The van der Waals surface area contributed by atoms with Gasteiger partial charge in [0.05, 0.1) is 5.69 Å². The Morgan fingerprint density at radius 3 is 2.50 bits per heavy atom. The lowest BCUT2D eigenvalue weighted by Gasteiger charge is -2.28. The molecule has 18 heavy (non-hydrogen) atoms. The number of carbonyl (C=O) groups is 1. The molecule has 1 atom stereocenters. The highest BCUT2D eigenvalue weighted by Gasteiger charge is 2.42. The molecule has 1 aliphatic carbocycles. The summed E-state index contributed by atoms with van der Waals surface area (Å²) in [5, 5.41) is 15.7. The number of rotatable bonds is 3. The third-order valence-corrected chi connectivity index (χ3v) is 3.27. The Morgan fingerprint density at radius 1 is 1.50 bits per heavy atom. The Kier molecular flexibility index (Phi) is 3.04. The molecule has 1 aromatic heterocycles. The molecule has 100 valence electrons. The fourth-order valence-corrected chi connectivity index (χ4v) is 1.94. The van der Waals surface area contributed by atoms with Crippen LogP contribution < -0.4 is 0 Å². The first-order valence-electron chi connectivity index (χ1n) is 5.57. The summed E-state index contributed by atoms with van der Waals surface area (Å²) in [6.07, 6.45) is -2.23. The smallest absolute Gasteiger partial charge is 0.410 e. The van der Waals surface area contributed by atoms with Crippen molar-refractivity contribution >= 4 is 5.97 Å². The molecule has 8 heteroatoms. The van der Waals surface area contributed by atoms with E-state index in [9.17, 15) is 18.0 Å². The van der Waals surface area contributed by atoms with E-state index in [2.05, 4.69) is 10.3 Å². The summed E-state index contributed by atoms with van der Waals surface area (Å²) in [4.78, 5) is 11.0. The zero-order valence-corrected chi connectivity index (χ0v) is 9.61. The third-order valence-electron chi connectivity index (χ3n) is 3.27. The van der Waals surface area contributed by atoms with Crippen LogP contribution in [-0.2, 0) is 0 Å². The van der Waals surface area contributed by atoms with Gasteiger partial charge in [0, 0.05) is 5.92 Å². The van der Waals surface area contributed by atoms with Crippen molar-refractivity contribution in [2.24, 2.45) is 0 Å². The van der Waals surface area contributed by atoms with Crippen molar-refractivity contribution in [2.45, 2.75) is 44.3 Å². The second kappa shape index (κ2) is 4.25. The lowest BCUT2D eigenvalue weighted by Crippen LogP contribution is -2.28. The zero-order valence-electron chi connectivity index (χ0n) is 9.61. The Hall–Kier alpha value is -1.60. The molecule has 0 aliphatic heterocycles. The summed E-state index contributed by atoms with van der Waals surface area (Å²) >= 11 is 0. The predicted molar refractivity (Wildman–Crippen MR) is 54.3 cm³/mol. The molecule has 1 unspecified atom stereocenters. The number of hydrogen-bond acceptors (Lipinski definition) is 3. The molecule has 1 heterocycles. The summed E-state index contributed by atoms with van der Waals surface area (Å²) in [6.45, 7) is 0.947. The van der Waals surface area contributed by atoms with E-state index < -0.39 is 18.2 Å². The van der Waals surface area contributed by atoms with Crippen molar-refractivity contribution in [3.63, 3.8) is 0 Å². The lowest BCUT2D eigenvalue weighted by molar-refractivity contribution is -0.166. The van der Waals surface area contributed by atoms with Crippen LogP contribution in [0.25, 0.3) is 0 Å². The van der Waals surface area contributed by atoms with Crippen LogP contribution in [0, 0.1) is 0 Å². The highest BCUT2D eigenvalue weighted by Crippen LogP contribution is 2.40. The average molecular weight is 263 g/mol. The van der Waals surface area contributed by atoms with Crippen molar-refractivity contribution < 1.29 is 23.1 Å². The number of aromatic nitrogens is 3. The highest BCUT2D eigenvalue weighted by atomic mass is 19.4. The van der Waals surface area contributed by atoms with Gasteiger partial charge in [-0.3, -0.25) is 0 Å². The van der Waals surface area contributed by atoms with Gasteiger partial charge in [-0.15, -0.1) is 5.10 Å². The first-order chi connectivity index (χ1) is 8.32. The monoisotopic (exact) mass is 263 g/mol. The van der Waals surface area contributed by atoms with Crippen LogP contribution in [0.3, 0.4) is 0 Å². The van der Waals surface area contributed by atoms with E-state index >= 15 is 0 Å². The van der Waals surface area contributed by atoms with E-state index in [1.165, 1.54) is 0 Å². The molecule has 2 rings (SSSR count). The van der Waals surface area contributed by atoms with Gasteiger partial charge in [0.15, 0.2) is 5.69 Å². The molecule has 0 amide bonds. The normalized spacial score (nSPS) is 18.4. The van der Waals surface area contributed by atoms with Crippen LogP contribution in [-0.4, -0.2) is 32.2 Å². The van der Waals surface area contributed by atoms with Crippen LogP contribution in [0.5, 0.6) is 0 Å². The van der Waals surface area contributed by atoms with Crippen LogP contribution >= 0.6 is 0 Å². The SMILES string of the molecule is CC(n1nnc(C(=O)O)c1C1CCC1)C(F)(F)F. The maximum atomic E-state index is 12.7.